The first-order valence-electron chi connectivity index (χ1n) is 6.59. The van der Waals surface area contributed by atoms with E-state index in [-0.39, 0.29) is 0 Å². The summed E-state index contributed by atoms with van der Waals surface area (Å²) >= 11 is 0. The Morgan fingerprint density at radius 2 is 1.67 bits per heavy atom. The van der Waals surface area contributed by atoms with Gasteiger partial charge in [-0.25, -0.2) is 0 Å². The SMILES string of the molecule is CC1CCC(C[N+]2(C)CCOCC2)CC1. The Morgan fingerprint density at radius 1 is 1.07 bits per heavy atom. The van der Waals surface area contributed by atoms with E-state index >= 15 is 0 Å². The van der Waals surface area contributed by atoms with Crippen LogP contribution in [-0.4, -0.2) is 44.4 Å². The molecule has 0 aromatic carbocycles. The Kier molecular flexibility index (Phi) is 3.68. The van der Waals surface area contributed by atoms with Gasteiger partial charge in [0.2, 0.25) is 0 Å². The molecule has 0 atom stereocenters. The monoisotopic (exact) mass is 212 g/mol. The molecular formula is C13H26NO+. The van der Waals surface area contributed by atoms with E-state index in [1.807, 2.05) is 0 Å². The number of ether oxygens (including phenoxy) is 1. The van der Waals surface area contributed by atoms with Crippen molar-refractivity contribution in [2.24, 2.45) is 11.8 Å². The zero-order chi connectivity index (χ0) is 10.7. The van der Waals surface area contributed by atoms with E-state index in [4.69, 9.17) is 4.74 Å². The first-order chi connectivity index (χ1) is 7.18. The van der Waals surface area contributed by atoms with Crippen molar-refractivity contribution in [3.8, 4) is 0 Å². The van der Waals surface area contributed by atoms with Gasteiger partial charge in [0.15, 0.2) is 0 Å². The van der Waals surface area contributed by atoms with Crippen LogP contribution in [0.15, 0.2) is 0 Å². The van der Waals surface area contributed by atoms with Crippen LogP contribution in [0.1, 0.15) is 32.6 Å². The topological polar surface area (TPSA) is 9.23 Å². The number of rotatable bonds is 2. The molecule has 2 rings (SSSR count). The van der Waals surface area contributed by atoms with Gasteiger partial charge < -0.3 is 9.22 Å². The molecule has 0 amide bonds. The molecule has 0 aromatic heterocycles. The molecule has 1 saturated heterocycles. The number of hydrogen-bond donors (Lipinski definition) is 0. The summed E-state index contributed by atoms with van der Waals surface area (Å²) in [5.41, 5.74) is 0. The van der Waals surface area contributed by atoms with E-state index in [1.54, 1.807) is 0 Å². The van der Waals surface area contributed by atoms with Gasteiger partial charge in [-0.05, 0) is 18.8 Å². The maximum Gasteiger partial charge on any atom is 0.102 e. The number of morpholine rings is 1. The van der Waals surface area contributed by atoms with Crippen molar-refractivity contribution in [1.82, 2.24) is 0 Å². The minimum absolute atomic E-state index is 0.972. The average molecular weight is 212 g/mol. The molecule has 0 radical (unpaired) electrons. The first-order valence-corrected chi connectivity index (χ1v) is 6.59. The molecule has 2 fully saturated rings. The summed E-state index contributed by atoms with van der Waals surface area (Å²) in [6.45, 7) is 8.20. The molecule has 0 bridgehead atoms. The second-order valence-corrected chi connectivity index (χ2v) is 5.99. The lowest BCUT2D eigenvalue weighted by atomic mass is 9.82. The summed E-state index contributed by atoms with van der Waals surface area (Å²) in [5.74, 6) is 1.97. The van der Waals surface area contributed by atoms with Crippen molar-refractivity contribution in [1.29, 1.82) is 0 Å². The highest BCUT2D eigenvalue weighted by atomic mass is 16.5. The molecule has 0 unspecified atom stereocenters. The number of likely N-dealkylation sites (N-methyl/N-ethyl adjacent to an activating group) is 1. The van der Waals surface area contributed by atoms with Gasteiger partial charge in [0.05, 0.1) is 26.8 Å². The second-order valence-electron chi connectivity index (χ2n) is 5.99. The highest BCUT2D eigenvalue weighted by Crippen LogP contribution is 2.30. The Hall–Kier alpha value is -0.0800. The molecule has 1 aliphatic heterocycles. The summed E-state index contributed by atoms with van der Waals surface area (Å²) in [4.78, 5) is 0. The van der Waals surface area contributed by atoms with Crippen molar-refractivity contribution < 1.29 is 9.22 Å². The Morgan fingerprint density at radius 3 is 2.27 bits per heavy atom. The predicted octanol–water partition coefficient (Wildman–Crippen LogP) is 2.29. The minimum Gasteiger partial charge on any atom is -0.370 e. The van der Waals surface area contributed by atoms with Crippen LogP contribution in [0.2, 0.25) is 0 Å². The van der Waals surface area contributed by atoms with Crippen LogP contribution in [-0.2, 0) is 4.74 Å². The molecule has 0 aromatic rings. The van der Waals surface area contributed by atoms with Gasteiger partial charge >= 0.3 is 0 Å². The van der Waals surface area contributed by atoms with Crippen molar-refractivity contribution in [2.75, 3.05) is 39.9 Å². The van der Waals surface area contributed by atoms with E-state index < -0.39 is 0 Å². The van der Waals surface area contributed by atoms with Crippen LogP contribution >= 0.6 is 0 Å². The van der Waals surface area contributed by atoms with Gasteiger partial charge in [0.25, 0.3) is 0 Å². The van der Waals surface area contributed by atoms with Crippen molar-refractivity contribution in [3.05, 3.63) is 0 Å². The fourth-order valence-electron chi connectivity index (χ4n) is 3.10. The van der Waals surface area contributed by atoms with Crippen molar-refractivity contribution >= 4 is 0 Å². The maximum absolute atomic E-state index is 5.46. The van der Waals surface area contributed by atoms with E-state index in [1.165, 1.54) is 49.8 Å². The number of hydrogen-bond acceptors (Lipinski definition) is 1. The Labute approximate surface area is 94.2 Å². The second kappa shape index (κ2) is 4.84. The third kappa shape index (κ3) is 3.18. The number of quaternary nitrogens is 1. The molecule has 0 N–H and O–H groups in total. The summed E-state index contributed by atoms with van der Waals surface area (Å²) in [6.07, 6.45) is 5.86. The lowest BCUT2D eigenvalue weighted by molar-refractivity contribution is -0.920. The highest BCUT2D eigenvalue weighted by molar-refractivity contribution is 4.70. The molecular weight excluding hydrogens is 186 g/mol. The van der Waals surface area contributed by atoms with Crippen LogP contribution < -0.4 is 0 Å². The van der Waals surface area contributed by atoms with Gasteiger partial charge in [0.1, 0.15) is 13.1 Å². The average Bonchev–Trinajstić information content (AvgIpc) is 2.22. The standard InChI is InChI=1S/C13H26NO/c1-12-3-5-13(6-4-12)11-14(2)7-9-15-10-8-14/h12-13H,3-11H2,1-2H3/q+1. The lowest BCUT2D eigenvalue weighted by Gasteiger charge is -2.41. The van der Waals surface area contributed by atoms with Crippen LogP contribution in [0.5, 0.6) is 0 Å². The smallest absolute Gasteiger partial charge is 0.102 e. The van der Waals surface area contributed by atoms with Crippen LogP contribution in [0.3, 0.4) is 0 Å². The van der Waals surface area contributed by atoms with E-state index in [0.717, 1.165) is 25.0 Å². The lowest BCUT2D eigenvalue weighted by Crippen LogP contribution is -2.54. The van der Waals surface area contributed by atoms with Gasteiger partial charge in [0, 0.05) is 5.92 Å². The molecule has 2 aliphatic rings. The van der Waals surface area contributed by atoms with Gasteiger partial charge in [-0.2, -0.15) is 0 Å². The third-order valence-electron chi connectivity index (χ3n) is 4.39. The fourth-order valence-corrected chi connectivity index (χ4v) is 3.10. The molecule has 1 aliphatic carbocycles. The Balaban J connectivity index is 1.80. The predicted molar refractivity (Wildman–Crippen MR) is 62.7 cm³/mol. The molecule has 1 saturated carbocycles. The molecule has 1 heterocycles. The van der Waals surface area contributed by atoms with E-state index in [0.29, 0.717) is 0 Å². The molecule has 2 nitrogen and oxygen atoms in total. The van der Waals surface area contributed by atoms with Crippen molar-refractivity contribution in [2.45, 2.75) is 32.6 Å². The van der Waals surface area contributed by atoms with Gasteiger partial charge in [-0.15, -0.1) is 0 Å². The molecule has 0 spiro atoms. The zero-order valence-electron chi connectivity index (χ0n) is 10.4. The first kappa shape index (κ1) is 11.4. The third-order valence-corrected chi connectivity index (χ3v) is 4.39. The largest absolute Gasteiger partial charge is 0.370 e. The molecule has 88 valence electrons. The van der Waals surface area contributed by atoms with Gasteiger partial charge in [-0.3, -0.25) is 0 Å². The quantitative estimate of drug-likeness (QED) is 0.638. The summed E-state index contributed by atoms with van der Waals surface area (Å²) < 4.78 is 6.72. The normalized spacial score (nSPS) is 36.4. The van der Waals surface area contributed by atoms with Crippen LogP contribution in [0.4, 0.5) is 0 Å². The molecule has 15 heavy (non-hydrogen) atoms. The Bertz CT molecular complexity index is 191. The fraction of sp³-hybridized carbons (Fsp3) is 1.00. The van der Waals surface area contributed by atoms with Crippen molar-refractivity contribution in [3.63, 3.8) is 0 Å². The minimum atomic E-state index is 0.972. The highest BCUT2D eigenvalue weighted by Gasteiger charge is 2.30. The van der Waals surface area contributed by atoms with E-state index in [2.05, 4.69) is 14.0 Å². The van der Waals surface area contributed by atoms with Crippen LogP contribution in [0.25, 0.3) is 0 Å². The summed E-state index contributed by atoms with van der Waals surface area (Å²) in [6, 6.07) is 0. The maximum atomic E-state index is 5.46. The van der Waals surface area contributed by atoms with Gasteiger partial charge in [-0.1, -0.05) is 19.8 Å². The van der Waals surface area contributed by atoms with Crippen LogP contribution in [0, 0.1) is 11.8 Å². The summed E-state index contributed by atoms with van der Waals surface area (Å²) in [7, 11) is 2.42. The number of nitrogens with zero attached hydrogens (tertiary/aromatic N) is 1. The molecule has 2 heteroatoms. The zero-order valence-corrected chi connectivity index (χ0v) is 10.4. The van der Waals surface area contributed by atoms with E-state index in [9.17, 15) is 0 Å². The summed E-state index contributed by atoms with van der Waals surface area (Å²) in [5, 5.41) is 0.